The standard InChI is InChI=1S/C14H18BrN3O2/c1-10-7-11(9-12(15)8-10)13(19)17-3-2-4-18(6-5-17)14(16)20/h7-9H,2-6H2,1H3,(H2,16,20). The predicted molar refractivity (Wildman–Crippen MR) is 80.6 cm³/mol. The Morgan fingerprint density at radius 2 is 1.75 bits per heavy atom. The molecule has 0 spiro atoms. The molecule has 0 aromatic heterocycles. The summed E-state index contributed by atoms with van der Waals surface area (Å²) in [7, 11) is 0. The summed E-state index contributed by atoms with van der Waals surface area (Å²) in [5.74, 6) is 0.000667. The van der Waals surface area contributed by atoms with Crippen LogP contribution >= 0.6 is 15.9 Å². The van der Waals surface area contributed by atoms with E-state index >= 15 is 0 Å². The monoisotopic (exact) mass is 339 g/mol. The zero-order chi connectivity index (χ0) is 14.7. The maximum absolute atomic E-state index is 12.5. The first-order chi connectivity index (χ1) is 9.47. The molecule has 2 N–H and O–H groups in total. The van der Waals surface area contributed by atoms with Gasteiger partial charge in [0.1, 0.15) is 0 Å². The van der Waals surface area contributed by atoms with Gasteiger partial charge < -0.3 is 15.5 Å². The van der Waals surface area contributed by atoms with Crippen LogP contribution in [-0.4, -0.2) is 47.9 Å². The average molecular weight is 340 g/mol. The quantitative estimate of drug-likeness (QED) is 0.850. The van der Waals surface area contributed by atoms with Crippen LogP contribution in [0.25, 0.3) is 0 Å². The van der Waals surface area contributed by atoms with Crippen LogP contribution < -0.4 is 5.73 Å². The van der Waals surface area contributed by atoms with Gasteiger partial charge in [-0.05, 0) is 37.1 Å². The molecule has 108 valence electrons. The number of primary amides is 1. The second kappa shape index (κ2) is 6.26. The minimum atomic E-state index is -0.419. The van der Waals surface area contributed by atoms with E-state index in [4.69, 9.17) is 5.73 Å². The number of carbonyl (C=O) groups excluding carboxylic acids is 2. The third-order valence-electron chi connectivity index (χ3n) is 3.38. The minimum absolute atomic E-state index is 0.000667. The lowest BCUT2D eigenvalue weighted by molar-refractivity contribution is 0.0762. The van der Waals surface area contributed by atoms with E-state index in [1.54, 1.807) is 9.80 Å². The summed E-state index contributed by atoms with van der Waals surface area (Å²) >= 11 is 3.41. The van der Waals surface area contributed by atoms with Crippen molar-refractivity contribution in [3.63, 3.8) is 0 Å². The third kappa shape index (κ3) is 3.50. The summed E-state index contributed by atoms with van der Waals surface area (Å²) in [4.78, 5) is 27.1. The molecule has 2 rings (SSSR count). The van der Waals surface area contributed by atoms with Crippen LogP contribution in [0, 0.1) is 6.92 Å². The molecular formula is C14H18BrN3O2. The molecule has 1 aliphatic rings. The minimum Gasteiger partial charge on any atom is -0.351 e. The van der Waals surface area contributed by atoms with Gasteiger partial charge in [0.15, 0.2) is 0 Å². The molecule has 0 saturated carbocycles. The van der Waals surface area contributed by atoms with E-state index in [0.29, 0.717) is 31.7 Å². The first-order valence-corrected chi connectivity index (χ1v) is 7.37. The largest absolute Gasteiger partial charge is 0.351 e. The third-order valence-corrected chi connectivity index (χ3v) is 3.84. The van der Waals surface area contributed by atoms with E-state index in [9.17, 15) is 9.59 Å². The second-order valence-corrected chi connectivity index (χ2v) is 5.90. The number of hydrogen-bond acceptors (Lipinski definition) is 2. The molecule has 1 aliphatic heterocycles. The number of halogens is 1. The lowest BCUT2D eigenvalue weighted by Crippen LogP contribution is -2.39. The van der Waals surface area contributed by atoms with E-state index in [1.165, 1.54) is 0 Å². The van der Waals surface area contributed by atoms with Crippen molar-refractivity contribution in [2.45, 2.75) is 13.3 Å². The molecule has 0 radical (unpaired) electrons. The van der Waals surface area contributed by atoms with Gasteiger partial charge in [-0.3, -0.25) is 4.79 Å². The Labute approximate surface area is 126 Å². The lowest BCUT2D eigenvalue weighted by atomic mass is 10.1. The van der Waals surface area contributed by atoms with Gasteiger partial charge in [-0.15, -0.1) is 0 Å². The Balaban J connectivity index is 2.11. The summed E-state index contributed by atoms with van der Waals surface area (Å²) in [6, 6.07) is 5.25. The Bertz CT molecular complexity index is 513. The Morgan fingerprint density at radius 1 is 1.10 bits per heavy atom. The first kappa shape index (κ1) is 14.8. The van der Waals surface area contributed by atoms with Crippen LogP contribution in [0.15, 0.2) is 22.7 Å². The number of carbonyl (C=O) groups is 2. The number of nitrogens with zero attached hydrogens (tertiary/aromatic N) is 2. The molecule has 0 bridgehead atoms. The molecule has 3 amide bonds. The van der Waals surface area contributed by atoms with Gasteiger partial charge in [0.25, 0.3) is 5.91 Å². The number of nitrogens with two attached hydrogens (primary N) is 1. The van der Waals surface area contributed by atoms with Gasteiger partial charge >= 0.3 is 6.03 Å². The van der Waals surface area contributed by atoms with Crippen molar-refractivity contribution in [2.24, 2.45) is 5.73 Å². The van der Waals surface area contributed by atoms with Crippen LogP contribution in [0.1, 0.15) is 22.3 Å². The molecule has 1 aromatic rings. The number of hydrogen-bond donors (Lipinski definition) is 1. The maximum atomic E-state index is 12.5. The molecule has 5 nitrogen and oxygen atoms in total. The zero-order valence-corrected chi connectivity index (χ0v) is 13.0. The highest BCUT2D eigenvalue weighted by Crippen LogP contribution is 2.17. The molecule has 1 fully saturated rings. The number of amides is 3. The van der Waals surface area contributed by atoms with Crippen LogP contribution in [-0.2, 0) is 0 Å². The Kier molecular flexibility index (Phi) is 4.65. The molecule has 20 heavy (non-hydrogen) atoms. The van der Waals surface area contributed by atoms with Crippen molar-refractivity contribution in [3.05, 3.63) is 33.8 Å². The Hall–Kier alpha value is -1.56. The molecular weight excluding hydrogens is 322 g/mol. The smallest absolute Gasteiger partial charge is 0.314 e. The molecule has 0 unspecified atom stereocenters. The summed E-state index contributed by atoms with van der Waals surface area (Å²) < 4.78 is 0.898. The van der Waals surface area contributed by atoms with E-state index in [0.717, 1.165) is 16.5 Å². The predicted octanol–water partition coefficient (Wildman–Crippen LogP) is 1.98. The fourth-order valence-electron chi connectivity index (χ4n) is 2.38. The first-order valence-electron chi connectivity index (χ1n) is 6.58. The number of urea groups is 1. The maximum Gasteiger partial charge on any atom is 0.314 e. The molecule has 1 saturated heterocycles. The lowest BCUT2D eigenvalue weighted by Gasteiger charge is -2.21. The molecule has 1 heterocycles. The van der Waals surface area contributed by atoms with Crippen molar-refractivity contribution in [2.75, 3.05) is 26.2 Å². The second-order valence-electron chi connectivity index (χ2n) is 4.99. The summed E-state index contributed by atoms with van der Waals surface area (Å²) in [5, 5.41) is 0. The Morgan fingerprint density at radius 3 is 2.40 bits per heavy atom. The number of aryl methyl sites for hydroxylation is 1. The van der Waals surface area contributed by atoms with Gasteiger partial charge in [-0.1, -0.05) is 15.9 Å². The van der Waals surface area contributed by atoms with Gasteiger partial charge in [0.05, 0.1) is 0 Å². The van der Waals surface area contributed by atoms with Crippen molar-refractivity contribution in [1.29, 1.82) is 0 Å². The highest BCUT2D eigenvalue weighted by atomic mass is 79.9. The fourth-order valence-corrected chi connectivity index (χ4v) is 2.99. The van der Waals surface area contributed by atoms with Gasteiger partial charge in [0, 0.05) is 36.2 Å². The van der Waals surface area contributed by atoms with E-state index in [1.807, 2.05) is 25.1 Å². The van der Waals surface area contributed by atoms with Crippen LogP contribution in [0.4, 0.5) is 4.79 Å². The number of rotatable bonds is 1. The van der Waals surface area contributed by atoms with E-state index < -0.39 is 6.03 Å². The van der Waals surface area contributed by atoms with Crippen LogP contribution in [0.2, 0.25) is 0 Å². The van der Waals surface area contributed by atoms with E-state index in [-0.39, 0.29) is 5.91 Å². The van der Waals surface area contributed by atoms with Crippen molar-refractivity contribution < 1.29 is 9.59 Å². The normalized spacial score (nSPS) is 15.9. The fraction of sp³-hybridized carbons (Fsp3) is 0.429. The molecule has 0 aliphatic carbocycles. The molecule has 6 heteroatoms. The highest BCUT2D eigenvalue weighted by Gasteiger charge is 2.21. The van der Waals surface area contributed by atoms with Crippen LogP contribution in [0.5, 0.6) is 0 Å². The van der Waals surface area contributed by atoms with Crippen LogP contribution in [0.3, 0.4) is 0 Å². The average Bonchev–Trinajstić information content (AvgIpc) is 2.62. The summed E-state index contributed by atoms with van der Waals surface area (Å²) in [6.45, 7) is 4.23. The SMILES string of the molecule is Cc1cc(Br)cc(C(=O)N2CCCN(C(N)=O)CC2)c1. The summed E-state index contributed by atoms with van der Waals surface area (Å²) in [5.41, 5.74) is 7.00. The topological polar surface area (TPSA) is 66.6 Å². The van der Waals surface area contributed by atoms with Crippen molar-refractivity contribution in [1.82, 2.24) is 9.80 Å². The summed E-state index contributed by atoms with van der Waals surface area (Å²) in [6.07, 6.45) is 0.752. The zero-order valence-electron chi connectivity index (χ0n) is 11.4. The van der Waals surface area contributed by atoms with Gasteiger partial charge in [0.2, 0.25) is 0 Å². The van der Waals surface area contributed by atoms with Gasteiger partial charge in [-0.2, -0.15) is 0 Å². The number of benzene rings is 1. The van der Waals surface area contributed by atoms with Gasteiger partial charge in [-0.25, -0.2) is 4.79 Å². The highest BCUT2D eigenvalue weighted by molar-refractivity contribution is 9.10. The molecule has 1 aromatic carbocycles. The van der Waals surface area contributed by atoms with E-state index in [2.05, 4.69) is 15.9 Å². The van der Waals surface area contributed by atoms with Crippen molar-refractivity contribution in [3.8, 4) is 0 Å². The van der Waals surface area contributed by atoms with Crippen molar-refractivity contribution >= 4 is 27.9 Å². The molecule has 0 atom stereocenters.